The molecule has 0 saturated carbocycles. The maximum Gasteiger partial charge on any atom is 0.333 e. The summed E-state index contributed by atoms with van der Waals surface area (Å²) in [6.07, 6.45) is 1.99. The van der Waals surface area contributed by atoms with Gasteiger partial charge in [-0.3, -0.25) is 0 Å². The molecule has 1 fully saturated rings. The summed E-state index contributed by atoms with van der Waals surface area (Å²) in [4.78, 5) is 11.1. The minimum Gasteiger partial charge on any atom is -0.466 e. The molecule has 1 aliphatic heterocycles. The van der Waals surface area contributed by atoms with Crippen LogP contribution in [-0.2, 0) is 9.53 Å². The fraction of sp³-hybridized carbons (Fsp3) is 0.667. The fourth-order valence-electron chi connectivity index (χ4n) is 1.47. The molecule has 1 N–H and O–H groups in total. The minimum absolute atomic E-state index is 0.262. The molecule has 3 nitrogen and oxygen atoms in total. The molecule has 0 spiro atoms. The van der Waals surface area contributed by atoms with Crippen LogP contribution in [0.5, 0.6) is 0 Å². The highest BCUT2D eigenvalue weighted by atomic mass is 16.5. The van der Waals surface area contributed by atoms with E-state index >= 15 is 0 Å². The largest absolute Gasteiger partial charge is 0.466 e. The number of carbonyl (C=O) groups is 1. The zero-order chi connectivity index (χ0) is 8.97. The lowest BCUT2D eigenvalue weighted by molar-refractivity contribution is -0.136. The van der Waals surface area contributed by atoms with E-state index in [1.54, 1.807) is 0 Å². The van der Waals surface area contributed by atoms with Crippen molar-refractivity contribution in [1.82, 2.24) is 5.32 Å². The molecule has 0 aliphatic carbocycles. The van der Waals surface area contributed by atoms with Crippen molar-refractivity contribution >= 4 is 5.97 Å². The van der Waals surface area contributed by atoms with Gasteiger partial charge in [-0.25, -0.2) is 4.79 Å². The van der Waals surface area contributed by atoms with Crippen LogP contribution in [0.15, 0.2) is 12.2 Å². The van der Waals surface area contributed by atoms with Crippen molar-refractivity contribution in [2.24, 2.45) is 5.92 Å². The Labute approximate surface area is 72.8 Å². The molecule has 1 saturated heterocycles. The molecule has 68 valence electrons. The van der Waals surface area contributed by atoms with Gasteiger partial charge in [-0.2, -0.15) is 0 Å². The molecule has 0 aromatic heterocycles. The Bertz CT molecular complexity index is 183. The third kappa shape index (κ3) is 2.08. The van der Waals surface area contributed by atoms with E-state index in [1.807, 2.05) is 0 Å². The molecule has 12 heavy (non-hydrogen) atoms. The van der Waals surface area contributed by atoms with Crippen LogP contribution in [0.3, 0.4) is 0 Å². The molecule has 0 unspecified atom stereocenters. The summed E-state index contributed by atoms with van der Waals surface area (Å²) in [5.41, 5.74) is 0.624. The van der Waals surface area contributed by atoms with Crippen LogP contribution >= 0.6 is 0 Å². The normalized spacial score (nSPS) is 18.8. The van der Waals surface area contributed by atoms with Gasteiger partial charge in [0.2, 0.25) is 0 Å². The lowest BCUT2D eigenvalue weighted by atomic mass is 9.91. The Morgan fingerprint density at radius 1 is 1.50 bits per heavy atom. The number of ether oxygens (including phenoxy) is 1. The number of carbonyl (C=O) groups excluding carboxylic acids is 1. The minimum atomic E-state index is -0.262. The Morgan fingerprint density at radius 3 is 2.58 bits per heavy atom. The number of hydrogen-bond acceptors (Lipinski definition) is 3. The highest BCUT2D eigenvalue weighted by Gasteiger charge is 2.21. The van der Waals surface area contributed by atoms with E-state index in [9.17, 15) is 4.79 Å². The number of piperidine rings is 1. The number of rotatable bonds is 2. The molecular weight excluding hydrogens is 154 g/mol. The van der Waals surface area contributed by atoms with Crippen LogP contribution in [0.4, 0.5) is 0 Å². The van der Waals surface area contributed by atoms with E-state index in [-0.39, 0.29) is 5.97 Å². The van der Waals surface area contributed by atoms with Gasteiger partial charge in [-0.05, 0) is 31.8 Å². The highest BCUT2D eigenvalue weighted by Crippen LogP contribution is 2.20. The first kappa shape index (κ1) is 9.26. The Balaban J connectivity index is 2.45. The van der Waals surface area contributed by atoms with Gasteiger partial charge in [-0.1, -0.05) is 6.58 Å². The Kier molecular flexibility index (Phi) is 3.29. The van der Waals surface area contributed by atoms with Crippen molar-refractivity contribution in [1.29, 1.82) is 0 Å². The summed E-state index contributed by atoms with van der Waals surface area (Å²) in [7, 11) is 1.40. The Hall–Kier alpha value is -0.830. The van der Waals surface area contributed by atoms with Crippen LogP contribution in [-0.4, -0.2) is 26.2 Å². The monoisotopic (exact) mass is 169 g/mol. The van der Waals surface area contributed by atoms with Crippen molar-refractivity contribution in [2.75, 3.05) is 20.2 Å². The van der Waals surface area contributed by atoms with E-state index in [2.05, 4.69) is 16.6 Å². The van der Waals surface area contributed by atoms with Gasteiger partial charge >= 0.3 is 5.97 Å². The summed E-state index contributed by atoms with van der Waals surface area (Å²) in [5, 5.41) is 3.23. The molecule has 1 heterocycles. The van der Waals surface area contributed by atoms with Gasteiger partial charge in [-0.15, -0.1) is 0 Å². The predicted octanol–water partition coefficient (Wildman–Crippen LogP) is 0.715. The summed E-state index contributed by atoms with van der Waals surface area (Å²) in [5.74, 6) is 0.0561. The number of methoxy groups -OCH3 is 1. The first-order chi connectivity index (χ1) is 5.75. The summed E-state index contributed by atoms with van der Waals surface area (Å²) >= 11 is 0. The molecule has 0 aromatic rings. The number of hydrogen-bond donors (Lipinski definition) is 1. The van der Waals surface area contributed by atoms with Gasteiger partial charge in [0.1, 0.15) is 0 Å². The second kappa shape index (κ2) is 4.26. The van der Waals surface area contributed by atoms with Crippen molar-refractivity contribution in [2.45, 2.75) is 12.8 Å². The first-order valence-electron chi connectivity index (χ1n) is 4.23. The van der Waals surface area contributed by atoms with E-state index in [0.717, 1.165) is 25.9 Å². The van der Waals surface area contributed by atoms with Crippen molar-refractivity contribution in [3.05, 3.63) is 12.2 Å². The van der Waals surface area contributed by atoms with Gasteiger partial charge in [0, 0.05) is 5.57 Å². The molecule has 0 amide bonds. The SMILES string of the molecule is C=C(C(=O)OC)C1CCNCC1. The lowest BCUT2D eigenvalue weighted by Crippen LogP contribution is -2.30. The van der Waals surface area contributed by atoms with Gasteiger partial charge in [0.15, 0.2) is 0 Å². The van der Waals surface area contributed by atoms with E-state index in [1.165, 1.54) is 7.11 Å². The van der Waals surface area contributed by atoms with Crippen LogP contribution in [0, 0.1) is 5.92 Å². The third-order valence-electron chi connectivity index (χ3n) is 2.28. The van der Waals surface area contributed by atoms with Crippen molar-refractivity contribution in [3.63, 3.8) is 0 Å². The zero-order valence-electron chi connectivity index (χ0n) is 7.43. The first-order valence-corrected chi connectivity index (χ1v) is 4.23. The highest BCUT2D eigenvalue weighted by molar-refractivity contribution is 5.88. The van der Waals surface area contributed by atoms with Crippen LogP contribution in [0.2, 0.25) is 0 Å². The fourth-order valence-corrected chi connectivity index (χ4v) is 1.47. The van der Waals surface area contributed by atoms with Crippen molar-refractivity contribution in [3.8, 4) is 0 Å². The average Bonchev–Trinajstić information content (AvgIpc) is 2.17. The van der Waals surface area contributed by atoms with Crippen LogP contribution < -0.4 is 5.32 Å². The predicted molar refractivity (Wildman–Crippen MR) is 46.7 cm³/mol. The molecular formula is C9H15NO2. The van der Waals surface area contributed by atoms with Gasteiger partial charge in [0.05, 0.1) is 7.11 Å². The average molecular weight is 169 g/mol. The molecule has 0 radical (unpaired) electrons. The maximum absolute atomic E-state index is 11.1. The van der Waals surface area contributed by atoms with E-state index < -0.39 is 0 Å². The second-order valence-corrected chi connectivity index (χ2v) is 3.04. The van der Waals surface area contributed by atoms with Gasteiger partial charge < -0.3 is 10.1 Å². The van der Waals surface area contributed by atoms with E-state index in [4.69, 9.17) is 0 Å². The molecule has 1 rings (SSSR count). The maximum atomic E-state index is 11.1. The van der Waals surface area contributed by atoms with Crippen LogP contribution in [0.1, 0.15) is 12.8 Å². The van der Waals surface area contributed by atoms with E-state index in [0.29, 0.717) is 11.5 Å². The van der Waals surface area contributed by atoms with Crippen LogP contribution in [0.25, 0.3) is 0 Å². The molecule has 1 aliphatic rings. The van der Waals surface area contributed by atoms with Gasteiger partial charge in [0.25, 0.3) is 0 Å². The molecule has 0 aromatic carbocycles. The standard InChI is InChI=1S/C9H15NO2/c1-7(9(11)12-2)8-3-5-10-6-4-8/h8,10H,1,3-6H2,2H3. The molecule has 0 atom stereocenters. The lowest BCUT2D eigenvalue weighted by Gasteiger charge is -2.22. The Morgan fingerprint density at radius 2 is 2.08 bits per heavy atom. The number of nitrogens with one attached hydrogen (secondary N) is 1. The third-order valence-corrected chi connectivity index (χ3v) is 2.28. The van der Waals surface area contributed by atoms with Crippen molar-refractivity contribution < 1.29 is 9.53 Å². The quantitative estimate of drug-likeness (QED) is 0.489. The topological polar surface area (TPSA) is 38.3 Å². The summed E-state index contributed by atoms with van der Waals surface area (Å²) in [6, 6.07) is 0. The smallest absolute Gasteiger partial charge is 0.333 e. The molecule has 3 heteroatoms. The zero-order valence-corrected chi connectivity index (χ0v) is 7.43. The summed E-state index contributed by atoms with van der Waals surface area (Å²) < 4.78 is 4.61. The number of esters is 1. The second-order valence-electron chi connectivity index (χ2n) is 3.04. The molecule has 0 bridgehead atoms. The summed E-state index contributed by atoms with van der Waals surface area (Å²) in [6.45, 7) is 5.69.